The number of likely N-dealkylation sites (tertiary alicyclic amines) is 1. The zero-order valence-corrected chi connectivity index (χ0v) is 15.0. The molecular formula is C20H26N2O3. The third kappa shape index (κ3) is 2.25. The molecule has 1 aliphatic carbocycles. The number of amides is 2. The Labute approximate surface area is 148 Å². The van der Waals surface area contributed by atoms with E-state index in [1.807, 2.05) is 29.2 Å². The molecule has 1 N–H and O–H groups in total. The highest BCUT2D eigenvalue weighted by Crippen LogP contribution is 2.53. The summed E-state index contributed by atoms with van der Waals surface area (Å²) in [4.78, 5) is 28.3. The van der Waals surface area contributed by atoms with Crippen LogP contribution in [0.3, 0.4) is 0 Å². The maximum Gasteiger partial charge on any atom is 0.237 e. The highest BCUT2D eigenvalue weighted by atomic mass is 16.5. The molecule has 1 saturated carbocycles. The summed E-state index contributed by atoms with van der Waals surface area (Å²) < 4.78 is 5.31. The van der Waals surface area contributed by atoms with Gasteiger partial charge in [-0.15, -0.1) is 0 Å². The average molecular weight is 342 g/mol. The van der Waals surface area contributed by atoms with E-state index >= 15 is 0 Å². The van der Waals surface area contributed by atoms with Gasteiger partial charge in [0.15, 0.2) is 0 Å². The molecule has 1 spiro atoms. The lowest BCUT2D eigenvalue weighted by atomic mass is 9.73. The Balaban J connectivity index is 1.72. The van der Waals surface area contributed by atoms with Gasteiger partial charge in [0.05, 0.1) is 23.5 Å². The number of ether oxygens (including phenoxy) is 1. The third-order valence-corrected chi connectivity index (χ3v) is 6.30. The molecule has 3 aliphatic rings. The first-order chi connectivity index (χ1) is 12.1. The van der Waals surface area contributed by atoms with Crippen molar-refractivity contribution in [3.8, 4) is 0 Å². The summed E-state index contributed by atoms with van der Waals surface area (Å²) in [6.07, 6.45) is 4.28. The van der Waals surface area contributed by atoms with Crippen LogP contribution in [0.15, 0.2) is 24.3 Å². The van der Waals surface area contributed by atoms with Gasteiger partial charge < -0.3 is 15.0 Å². The molecule has 0 bridgehead atoms. The number of hydrogen-bond donors (Lipinski definition) is 1. The van der Waals surface area contributed by atoms with Gasteiger partial charge in [-0.2, -0.15) is 0 Å². The summed E-state index contributed by atoms with van der Waals surface area (Å²) in [5.41, 5.74) is 1.03. The zero-order valence-electron chi connectivity index (χ0n) is 15.0. The van der Waals surface area contributed by atoms with E-state index in [0.717, 1.165) is 36.9 Å². The first-order valence-electron chi connectivity index (χ1n) is 9.30. The van der Waals surface area contributed by atoms with Crippen molar-refractivity contribution < 1.29 is 14.3 Å². The van der Waals surface area contributed by atoms with Crippen LogP contribution in [0, 0.1) is 5.41 Å². The van der Waals surface area contributed by atoms with E-state index in [4.69, 9.17) is 4.74 Å². The molecular weight excluding hydrogens is 316 g/mol. The molecule has 25 heavy (non-hydrogen) atoms. The number of benzene rings is 1. The van der Waals surface area contributed by atoms with Gasteiger partial charge in [-0.1, -0.05) is 31.5 Å². The second-order valence-corrected chi connectivity index (χ2v) is 7.74. The van der Waals surface area contributed by atoms with Crippen LogP contribution >= 0.6 is 0 Å². The van der Waals surface area contributed by atoms with Crippen LogP contribution in [0.1, 0.15) is 44.6 Å². The fourth-order valence-electron chi connectivity index (χ4n) is 4.87. The van der Waals surface area contributed by atoms with E-state index in [0.29, 0.717) is 19.6 Å². The molecule has 134 valence electrons. The van der Waals surface area contributed by atoms with Crippen LogP contribution < -0.4 is 5.32 Å². The molecule has 0 unspecified atom stereocenters. The van der Waals surface area contributed by atoms with Crippen molar-refractivity contribution in [3.05, 3.63) is 29.8 Å². The molecule has 1 aromatic carbocycles. The minimum atomic E-state index is -0.592. The van der Waals surface area contributed by atoms with Gasteiger partial charge in [0.2, 0.25) is 11.8 Å². The number of carbonyl (C=O) groups excluding carboxylic acids is 2. The SMILES string of the molecule is CCC[C@@H]1N(C(=O)C2(COC)CC2)CC[C@]12C(=O)Nc1ccccc12. The minimum Gasteiger partial charge on any atom is -0.384 e. The van der Waals surface area contributed by atoms with Crippen molar-refractivity contribution >= 4 is 17.5 Å². The lowest BCUT2D eigenvalue weighted by molar-refractivity contribution is -0.141. The fourth-order valence-corrected chi connectivity index (χ4v) is 4.87. The van der Waals surface area contributed by atoms with Crippen molar-refractivity contribution in [2.75, 3.05) is 25.6 Å². The predicted molar refractivity (Wildman–Crippen MR) is 95.3 cm³/mol. The van der Waals surface area contributed by atoms with Crippen molar-refractivity contribution in [1.82, 2.24) is 4.90 Å². The van der Waals surface area contributed by atoms with E-state index in [-0.39, 0.29) is 23.3 Å². The summed E-state index contributed by atoms with van der Waals surface area (Å²) in [5, 5.41) is 3.06. The number of carbonyl (C=O) groups is 2. The number of methoxy groups -OCH3 is 1. The van der Waals surface area contributed by atoms with Crippen molar-refractivity contribution in [1.29, 1.82) is 0 Å². The predicted octanol–water partition coefficient (Wildman–Crippen LogP) is 2.70. The van der Waals surface area contributed by atoms with Gasteiger partial charge in [-0.3, -0.25) is 9.59 Å². The zero-order chi connectivity index (χ0) is 17.7. The second kappa shape index (κ2) is 5.84. The van der Waals surface area contributed by atoms with Gasteiger partial charge in [0.25, 0.3) is 0 Å². The lowest BCUT2D eigenvalue weighted by Crippen LogP contribution is -2.50. The largest absolute Gasteiger partial charge is 0.384 e. The van der Waals surface area contributed by atoms with Crippen molar-refractivity contribution in [3.63, 3.8) is 0 Å². The van der Waals surface area contributed by atoms with Gasteiger partial charge in [0.1, 0.15) is 0 Å². The van der Waals surface area contributed by atoms with Crippen LogP contribution in [-0.4, -0.2) is 43.0 Å². The van der Waals surface area contributed by atoms with Gasteiger partial charge in [0, 0.05) is 19.3 Å². The topological polar surface area (TPSA) is 58.6 Å². The number of hydrogen-bond acceptors (Lipinski definition) is 3. The molecule has 2 aliphatic heterocycles. The Morgan fingerprint density at radius 3 is 2.76 bits per heavy atom. The lowest BCUT2D eigenvalue weighted by Gasteiger charge is -2.35. The van der Waals surface area contributed by atoms with Crippen LogP contribution in [0.5, 0.6) is 0 Å². The van der Waals surface area contributed by atoms with Gasteiger partial charge >= 0.3 is 0 Å². The Bertz CT molecular complexity index is 713. The molecule has 2 heterocycles. The molecule has 4 rings (SSSR count). The molecule has 1 aromatic rings. The molecule has 0 radical (unpaired) electrons. The third-order valence-electron chi connectivity index (χ3n) is 6.30. The van der Waals surface area contributed by atoms with Crippen LogP contribution in [0.2, 0.25) is 0 Å². The average Bonchev–Trinajstić information content (AvgIpc) is 3.21. The summed E-state index contributed by atoms with van der Waals surface area (Å²) >= 11 is 0. The molecule has 2 amide bonds. The second-order valence-electron chi connectivity index (χ2n) is 7.74. The Kier molecular flexibility index (Phi) is 3.87. The van der Waals surface area contributed by atoms with Crippen molar-refractivity contribution in [2.45, 2.75) is 50.5 Å². The number of fused-ring (bicyclic) bond motifs is 2. The summed E-state index contributed by atoms with van der Waals surface area (Å²) in [6, 6.07) is 7.88. The van der Waals surface area contributed by atoms with E-state index < -0.39 is 5.41 Å². The maximum atomic E-state index is 13.3. The summed E-state index contributed by atoms with van der Waals surface area (Å²) in [5.74, 6) is 0.237. The van der Waals surface area contributed by atoms with Crippen molar-refractivity contribution in [2.24, 2.45) is 5.41 Å². The van der Waals surface area contributed by atoms with Crippen LogP contribution in [0.4, 0.5) is 5.69 Å². The number of anilines is 1. The van der Waals surface area contributed by atoms with Gasteiger partial charge in [-0.25, -0.2) is 0 Å². The molecule has 2 fully saturated rings. The number of para-hydroxylation sites is 1. The number of nitrogens with one attached hydrogen (secondary N) is 1. The van der Waals surface area contributed by atoms with E-state index in [1.165, 1.54) is 0 Å². The van der Waals surface area contributed by atoms with E-state index in [1.54, 1.807) is 7.11 Å². The monoisotopic (exact) mass is 342 g/mol. The fraction of sp³-hybridized carbons (Fsp3) is 0.600. The quantitative estimate of drug-likeness (QED) is 0.895. The standard InChI is InChI=1S/C20H26N2O3/c1-3-6-16-20(14-7-4-5-8-15(14)21-17(20)23)11-12-22(16)18(24)19(9-10-19)13-25-2/h4-5,7-8,16H,3,6,9-13H2,1-2H3,(H,21,23)/t16-,20+/m0/s1. The number of nitrogens with zero attached hydrogens (tertiary/aromatic N) is 1. The van der Waals surface area contributed by atoms with Gasteiger partial charge in [-0.05, 0) is 37.3 Å². The Hall–Kier alpha value is -1.88. The molecule has 0 aromatic heterocycles. The molecule has 1 saturated heterocycles. The Morgan fingerprint density at radius 1 is 1.32 bits per heavy atom. The highest BCUT2D eigenvalue weighted by molar-refractivity contribution is 6.07. The maximum absolute atomic E-state index is 13.3. The van der Waals surface area contributed by atoms with Crippen LogP contribution in [0.25, 0.3) is 0 Å². The number of rotatable bonds is 5. The molecule has 2 atom stereocenters. The molecule has 5 heteroatoms. The van der Waals surface area contributed by atoms with E-state index in [9.17, 15) is 9.59 Å². The molecule has 5 nitrogen and oxygen atoms in total. The smallest absolute Gasteiger partial charge is 0.237 e. The minimum absolute atomic E-state index is 0.0547. The first-order valence-corrected chi connectivity index (χ1v) is 9.30. The Morgan fingerprint density at radius 2 is 2.08 bits per heavy atom. The highest BCUT2D eigenvalue weighted by Gasteiger charge is 2.61. The summed E-state index contributed by atoms with van der Waals surface area (Å²) in [7, 11) is 1.66. The first kappa shape index (κ1) is 16.6. The summed E-state index contributed by atoms with van der Waals surface area (Å²) in [6.45, 7) is 3.25. The van der Waals surface area contributed by atoms with E-state index in [2.05, 4.69) is 12.2 Å². The normalized spacial score (nSPS) is 29.0. The van der Waals surface area contributed by atoms with Crippen LogP contribution in [-0.2, 0) is 19.7 Å².